The van der Waals surface area contributed by atoms with Gasteiger partial charge < -0.3 is 4.74 Å². The lowest BCUT2D eigenvalue weighted by Gasteiger charge is -2.12. The molecule has 0 saturated heterocycles. The highest BCUT2D eigenvalue weighted by Crippen LogP contribution is 2.30. The minimum Gasteiger partial charge on any atom is -0.495 e. The number of anilines is 1. The van der Waals surface area contributed by atoms with Crippen molar-refractivity contribution < 1.29 is 18.1 Å². The van der Waals surface area contributed by atoms with E-state index in [0.717, 1.165) is 6.07 Å². The van der Waals surface area contributed by atoms with Gasteiger partial charge in [-0.1, -0.05) is 0 Å². The zero-order valence-electron chi connectivity index (χ0n) is 10.2. The van der Waals surface area contributed by atoms with Crippen LogP contribution in [0, 0.1) is 21.4 Å². The predicted octanol–water partition coefficient (Wildman–Crippen LogP) is 1.26. The topological polar surface area (TPSA) is 122 Å². The van der Waals surface area contributed by atoms with E-state index in [1.54, 1.807) is 6.07 Å². The van der Waals surface area contributed by atoms with Gasteiger partial charge in [-0.3, -0.25) is 14.8 Å². The molecule has 0 bridgehead atoms. The number of nitro benzene ring substituents is 1. The van der Waals surface area contributed by atoms with E-state index >= 15 is 0 Å². The lowest BCUT2D eigenvalue weighted by atomic mass is 10.2. The molecule has 0 aliphatic rings. The summed E-state index contributed by atoms with van der Waals surface area (Å²) in [4.78, 5) is 9.98. The van der Waals surface area contributed by atoms with Crippen LogP contribution < -0.4 is 9.46 Å². The fourth-order valence-corrected chi connectivity index (χ4v) is 1.98. The molecule has 0 aliphatic heterocycles. The molecule has 8 nitrogen and oxygen atoms in total. The molecule has 1 unspecified atom stereocenters. The van der Waals surface area contributed by atoms with Crippen LogP contribution in [0.4, 0.5) is 11.4 Å². The Bertz CT molecular complexity index is 635. The Morgan fingerprint density at radius 2 is 2.16 bits per heavy atom. The molecule has 0 spiro atoms. The number of methoxy groups -OCH3 is 1. The second-order valence-corrected chi connectivity index (χ2v) is 5.56. The molecule has 102 valence electrons. The quantitative estimate of drug-likeness (QED) is 0.641. The van der Waals surface area contributed by atoms with Gasteiger partial charge in [0.15, 0.2) is 5.25 Å². The third-order valence-electron chi connectivity index (χ3n) is 2.29. The van der Waals surface area contributed by atoms with Gasteiger partial charge >= 0.3 is 0 Å². The van der Waals surface area contributed by atoms with E-state index in [4.69, 9.17) is 10.00 Å². The number of nitriles is 1. The maximum atomic E-state index is 11.7. The summed E-state index contributed by atoms with van der Waals surface area (Å²) in [5, 5.41) is 18.0. The summed E-state index contributed by atoms with van der Waals surface area (Å²) in [6, 6.07) is 5.06. The van der Waals surface area contributed by atoms with Crippen LogP contribution in [-0.4, -0.2) is 25.7 Å². The van der Waals surface area contributed by atoms with Gasteiger partial charge in [-0.05, 0) is 13.0 Å². The van der Waals surface area contributed by atoms with Crippen LogP contribution in [0.1, 0.15) is 6.92 Å². The standard InChI is InChI=1S/C10H11N3O5S/c1-7(6-11)19(16,17)12-9-5-8(13(14)15)3-4-10(9)18-2/h3-5,7,12H,1-2H3. The second-order valence-electron chi connectivity index (χ2n) is 3.56. The van der Waals surface area contributed by atoms with Gasteiger partial charge in [0, 0.05) is 12.1 Å². The number of rotatable bonds is 5. The molecule has 0 heterocycles. The first-order valence-electron chi connectivity index (χ1n) is 5.05. The lowest BCUT2D eigenvalue weighted by Crippen LogP contribution is -2.24. The van der Waals surface area contributed by atoms with Crippen molar-refractivity contribution in [3.63, 3.8) is 0 Å². The maximum Gasteiger partial charge on any atom is 0.271 e. The summed E-state index contributed by atoms with van der Waals surface area (Å²) in [6.45, 7) is 1.20. The number of nitrogens with zero attached hydrogens (tertiary/aromatic N) is 2. The van der Waals surface area contributed by atoms with Crippen molar-refractivity contribution in [2.75, 3.05) is 11.8 Å². The Balaban J connectivity index is 3.23. The molecule has 0 aromatic heterocycles. The smallest absolute Gasteiger partial charge is 0.271 e. The van der Waals surface area contributed by atoms with E-state index in [1.165, 1.54) is 26.2 Å². The zero-order chi connectivity index (χ0) is 14.6. The Morgan fingerprint density at radius 3 is 2.63 bits per heavy atom. The third-order valence-corrected chi connectivity index (χ3v) is 3.83. The number of non-ortho nitro benzene ring substituents is 1. The first-order valence-corrected chi connectivity index (χ1v) is 6.60. The first-order chi connectivity index (χ1) is 8.81. The highest BCUT2D eigenvalue weighted by Gasteiger charge is 2.23. The summed E-state index contributed by atoms with van der Waals surface area (Å²) in [7, 11) is -2.65. The van der Waals surface area contributed by atoms with Gasteiger partial charge in [0.1, 0.15) is 5.75 Å². The summed E-state index contributed by atoms with van der Waals surface area (Å²) in [5.41, 5.74) is -0.373. The molecule has 19 heavy (non-hydrogen) atoms. The molecule has 1 atom stereocenters. The average molecular weight is 285 g/mol. The molecule has 1 rings (SSSR count). The molecule has 1 N–H and O–H groups in total. The lowest BCUT2D eigenvalue weighted by molar-refractivity contribution is -0.384. The summed E-state index contributed by atoms with van der Waals surface area (Å²) in [5.74, 6) is 0.124. The summed E-state index contributed by atoms with van der Waals surface area (Å²) >= 11 is 0. The highest BCUT2D eigenvalue weighted by molar-refractivity contribution is 7.93. The average Bonchev–Trinajstić information content (AvgIpc) is 2.36. The van der Waals surface area contributed by atoms with Crippen molar-refractivity contribution in [1.29, 1.82) is 5.26 Å². The van der Waals surface area contributed by atoms with Crippen LogP contribution >= 0.6 is 0 Å². The van der Waals surface area contributed by atoms with Crippen LogP contribution in [0.25, 0.3) is 0 Å². The normalized spacial score (nSPS) is 12.3. The van der Waals surface area contributed by atoms with Crippen molar-refractivity contribution in [2.24, 2.45) is 0 Å². The molecule has 0 aliphatic carbocycles. The number of sulfonamides is 1. The Morgan fingerprint density at radius 1 is 1.53 bits per heavy atom. The Labute approximate surface area is 109 Å². The van der Waals surface area contributed by atoms with Crippen LogP contribution in [0.15, 0.2) is 18.2 Å². The van der Waals surface area contributed by atoms with Crippen molar-refractivity contribution in [2.45, 2.75) is 12.2 Å². The van der Waals surface area contributed by atoms with Crippen LogP contribution in [-0.2, 0) is 10.0 Å². The number of hydrogen-bond acceptors (Lipinski definition) is 6. The van der Waals surface area contributed by atoms with Crippen molar-refractivity contribution >= 4 is 21.4 Å². The summed E-state index contributed by atoms with van der Waals surface area (Å²) < 4.78 is 30.5. The number of benzene rings is 1. The summed E-state index contributed by atoms with van der Waals surface area (Å²) in [6.07, 6.45) is 0. The molecule has 1 aromatic rings. The zero-order valence-corrected chi connectivity index (χ0v) is 11.0. The van der Waals surface area contributed by atoms with E-state index in [0.29, 0.717) is 0 Å². The van der Waals surface area contributed by atoms with Crippen molar-refractivity contribution in [3.05, 3.63) is 28.3 Å². The minimum atomic E-state index is -3.95. The van der Waals surface area contributed by atoms with E-state index in [-0.39, 0.29) is 17.1 Å². The molecule has 0 radical (unpaired) electrons. The number of nitro groups is 1. The predicted molar refractivity (Wildman–Crippen MR) is 67.3 cm³/mol. The van der Waals surface area contributed by atoms with Crippen LogP contribution in [0.5, 0.6) is 5.75 Å². The fraction of sp³-hybridized carbons (Fsp3) is 0.300. The molecule has 0 amide bonds. The van der Waals surface area contributed by atoms with Crippen molar-refractivity contribution in [1.82, 2.24) is 0 Å². The Kier molecular flexibility index (Phi) is 4.29. The minimum absolute atomic E-state index is 0.0844. The van der Waals surface area contributed by atoms with Gasteiger partial charge in [-0.2, -0.15) is 5.26 Å². The third kappa shape index (κ3) is 3.32. The van der Waals surface area contributed by atoms with E-state index in [9.17, 15) is 18.5 Å². The number of ether oxygens (including phenoxy) is 1. The molecule has 1 aromatic carbocycles. The van der Waals surface area contributed by atoms with Gasteiger partial charge in [0.05, 0.1) is 23.8 Å². The van der Waals surface area contributed by atoms with Gasteiger partial charge in [0.2, 0.25) is 10.0 Å². The van der Waals surface area contributed by atoms with Crippen LogP contribution in [0.3, 0.4) is 0 Å². The molecule has 0 fully saturated rings. The van der Waals surface area contributed by atoms with E-state index in [2.05, 4.69) is 4.72 Å². The van der Waals surface area contributed by atoms with Crippen molar-refractivity contribution in [3.8, 4) is 11.8 Å². The second kappa shape index (κ2) is 5.53. The van der Waals surface area contributed by atoms with Crippen LogP contribution in [0.2, 0.25) is 0 Å². The maximum absolute atomic E-state index is 11.7. The molecule has 0 saturated carbocycles. The van der Waals surface area contributed by atoms with Gasteiger partial charge in [-0.25, -0.2) is 8.42 Å². The van der Waals surface area contributed by atoms with Gasteiger partial charge in [-0.15, -0.1) is 0 Å². The largest absolute Gasteiger partial charge is 0.495 e. The fourth-order valence-electron chi connectivity index (χ4n) is 1.20. The van der Waals surface area contributed by atoms with Gasteiger partial charge in [0.25, 0.3) is 5.69 Å². The Hall–Kier alpha value is -2.34. The SMILES string of the molecule is COc1ccc([N+](=O)[O-])cc1NS(=O)(=O)C(C)C#N. The van der Waals surface area contributed by atoms with E-state index < -0.39 is 20.2 Å². The first kappa shape index (κ1) is 14.7. The molecular weight excluding hydrogens is 274 g/mol. The number of hydrogen-bond donors (Lipinski definition) is 1. The molecule has 9 heteroatoms. The highest BCUT2D eigenvalue weighted by atomic mass is 32.2. The number of nitrogens with one attached hydrogen (secondary N) is 1. The molecular formula is C10H11N3O5S. The van der Waals surface area contributed by atoms with E-state index in [1.807, 2.05) is 0 Å². The monoisotopic (exact) mass is 285 g/mol.